The second-order valence-electron chi connectivity index (χ2n) is 3.22. The summed E-state index contributed by atoms with van der Waals surface area (Å²) in [6.45, 7) is 0. The van der Waals surface area contributed by atoms with Crippen LogP contribution in [0, 0.1) is 17.5 Å². The molecule has 0 bridgehead atoms. The predicted octanol–water partition coefficient (Wildman–Crippen LogP) is 3.22. The number of carbonyl (C=O) groups is 1. The molecule has 18 heavy (non-hydrogen) atoms. The molecule has 0 aliphatic rings. The van der Waals surface area contributed by atoms with Gasteiger partial charge in [0.15, 0.2) is 17.3 Å². The van der Waals surface area contributed by atoms with E-state index in [1.807, 2.05) is 0 Å². The minimum atomic E-state index is -1.41. The van der Waals surface area contributed by atoms with Gasteiger partial charge in [-0.1, -0.05) is 5.16 Å². The number of hydrogen-bond acceptors (Lipinski definition) is 3. The molecule has 1 heterocycles. The Morgan fingerprint density at radius 3 is 2.50 bits per heavy atom. The van der Waals surface area contributed by atoms with Crippen LogP contribution in [0.3, 0.4) is 0 Å². The monoisotopic (exact) mass is 321 g/mol. The topological polar surface area (TPSA) is 63.3 Å². The summed E-state index contributed by atoms with van der Waals surface area (Å²) in [6, 6.07) is 1.29. The minimum Gasteiger partial charge on any atom is -0.476 e. The summed E-state index contributed by atoms with van der Waals surface area (Å²) in [5, 5.41) is 11.7. The third kappa shape index (κ3) is 1.99. The molecule has 0 atom stereocenters. The lowest BCUT2D eigenvalue weighted by atomic mass is 10.1. The van der Waals surface area contributed by atoms with Crippen LogP contribution in [0.2, 0.25) is 0 Å². The zero-order valence-electron chi connectivity index (χ0n) is 8.38. The van der Waals surface area contributed by atoms with Crippen molar-refractivity contribution in [2.45, 2.75) is 0 Å². The first kappa shape index (κ1) is 12.6. The minimum absolute atomic E-state index is 0.442. The predicted molar refractivity (Wildman–Crippen MR) is 56.5 cm³/mol. The Hall–Kier alpha value is -1.83. The average molecular weight is 322 g/mol. The van der Waals surface area contributed by atoms with Gasteiger partial charge in [0.2, 0.25) is 0 Å². The molecule has 2 aromatic rings. The lowest BCUT2D eigenvalue weighted by molar-refractivity contribution is 0.0686. The van der Waals surface area contributed by atoms with Crippen molar-refractivity contribution < 1.29 is 27.6 Å². The van der Waals surface area contributed by atoms with Crippen molar-refractivity contribution in [3.63, 3.8) is 0 Å². The Balaban J connectivity index is 2.63. The summed E-state index contributed by atoms with van der Waals surface area (Å²) < 4.78 is 44.0. The van der Waals surface area contributed by atoms with Gasteiger partial charge in [0.25, 0.3) is 0 Å². The van der Waals surface area contributed by atoms with Crippen LogP contribution in [-0.4, -0.2) is 16.2 Å². The van der Waals surface area contributed by atoms with E-state index in [1.54, 1.807) is 0 Å². The number of halogens is 4. The first-order valence-corrected chi connectivity index (χ1v) is 5.24. The zero-order valence-corrected chi connectivity index (χ0v) is 9.96. The smallest absolute Gasteiger partial charge is 0.358 e. The van der Waals surface area contributed by atoms with Crippen molar-refractivity contribution in [1.29, 1.82) is 0 Å². The van der Waals surface area contributed by atoms with Crippen molar-refractivity contribution in [2.24, 2.45) is 0 Å². The number of aromatic carboxylic acids is 1. The van der Waals surface area contributed by atoms with Crippen LogP contribution in [0.25, 0.3) is 11.3 Å². The highest BCUT2D eigenvalue weighted by atomic mass is 79.9. The largest absolute Gasteiger partial charge is 0.476 e. The van der Waals surface area contributed by atoms with Crippen LogP contribution in [0.1, 0.15) is 10.5 Å². The van der Waals surface area contributed by atoms with Crippen molar-refractivity contribution in [1.82, 2.24) is 5.16 Å². The van der Waals surface area contributed by atoms with Crippen molar-refractivity contribution in [3.05, 3.63) is 39.8 Å². The number of carboxylic acid groups (broad SMARTS) is 1. The number of benzene rings is 1. The fourth-order valence-electron chi connectivity index (χ4n) is 1.29. The summed E-state index contributed by atoms with van der Waals surface area (Å²) in [7, 11) is 0. The molecule has 0 unspecified atom stereocenters. The first-order valence-electron chi connectivity index (χ1n) is 4.45. The third-order valence-corrected chi connectivity index (χ3v) is 2.82. The van der Waals surface area contributed by atoms with Crippen LogP contribution in [0.15, 0.2) is 21.1 Å². The van der Waals surface area contributed by atoms with E-state index >= 15 is 0 Å². The second-order valence-corrected chi connectivity index (χ2v) is 4.02. The molecule has 0 spiro atoms. The quantitative estimate of drug-likeness (QED) is 0.681. The van der Waals surface area contributed by atoms with E-state index in [-0.39, 0.29) is 0 Å². The highest BCUT2D eigenvalue weighted by Gasteiger charge is 2.23. The van der Waals surface area contributed by atoms with Gasteiger partial charge in [-0.25, -0.2) is 18.0 Å². The lowest BCUT2D eigenvalue weighted by Gasteiger charge is -2.03. The molecule has 1 aromatic heterocycles. The average Bonchev–Trinajstić information content (AvgIpc) is 2.75. The second kappa shape index (κ2) is 4.45. The van der Waals surface area contributed by atoms with Crippen LogP contribution in [-0.2, 0) is 0 Å². The molecule has 1 N–H and O–H groups in total. The van der Waals surface area contributed by atoms with E-state index in [4.69, 9.17) is 5.11 Å². The van der Waals surface area contributed by atoms with Crippen molar-refractivity contribution in [2.75, 3.05) is 0 Å². The van der Waals surface area contributed by atoms with E-state index in [0.717, 1.165) is 6.07 Å². The number of hydrogen-bond donors (Lipinski definition) is 1. The first-order chi connectivity index (χ1) is 8.41. The van der Waals surface area contributed by atoms with Gasteiger partial charge in [0.05, 0.1) is 10.0 Å². The van der Waals surface area contributed by atoms with Crippen LogP contribution in [0.5, 0.6) is 0 Å². The van der Waals surface area contributed by atoms with Crippen molar-refractivity contribution >= 4 is 21.9 Å². The summed E-state index contributed by atoms with van der Waals surface area (Å²) in [6.07, 6.45) is 0. The number of nitrogens with zero attached hydrogens (tertiary/aromatic N) is 1. The van der Waals surface area contributed by atoms with Crippen molar-refractivity contribution in [3.8, 4) is 11.3 Å². The highest BCUT2D eigenvalue weighted by Crippen LogP contribution is 2.32. The lowest BCUT2D eigenvalue weighted by Crippen LogP contribution is -1.95. The molecule has 4 nitrogen and oxygen atoms in total. The molecule has 94 valence electrons. The van der Waals surface area contributed by atoms with Gasteiger partial charge in [-0.3, -0.25) is 0 Å². The SMILES string of the molecule is O=C(O)c1cc(-c2c(F)cc(F)c(Br)c2F)on1. The van der Waals surface area contributed by atoms with E-state index in [1.165, 1.54) is 0 Å². The van der Waals surface area contributed by atoms with Gasteiger partial charge in [-0.2, -0.15) is 0 Å². The van der Waals surface area contributed by atoms with E-state index in [0.29, 0.717) is 6.07 Å². The van der Waals surface area contributed by atoms with E-state index in [9.17, 15) is 18.0 Å². The molecular weight excluding hydrogens is 319 g/mol. The Morgan fingerprint density at radius 1 is 1.28 bits per heavy atom. The normalized spacial score (nSPS) is 10.7. The fourth-order valence-corrected chi connectivity index (χ4v) is 1.60. The Labute approximate surface area is 106 Å². The van der Waals surface area contributed by atoms with Crippen LogP contribution in [0.4, 0.5) is 13.2 Å². The summed E-state index contributed by atoms with van der Waals surface area (Å²) >= 11 is 2.60. The third-order valence-electron chi connectivity index (χ3n) is 2.09. The molecule has 0 radical (unpaired) electrons. The molecule has 1 aromatic carbocycles. The summed E-state index contributed by atoms with van der Waals surface area (Å²) in [5.74, 6) is -5.43. The van der Waals surface area contributed by atoms with Crippen LogP contribution < -0.4 is 0 Å². The van der Waals surface area contributed by atoms with Gasteiger partial charge in [0, 0.05) is 12.1 Å². The fraction of sp³-hybridized carbons (Fsp3) is 0. The summed E-state index contributed by atoms with van der Waals surface area (Å²) in [5.41, 5.74) is -1.20. The molecule has 0 fully saturated rings. The molecule has 0 aliphatic carbocycles. The Morgan fingerprint density at radius 2 is 1.94 bits per heavy atom. The molecule has 0 amide bonds. The standard InChI is InChI=1S/C10H3BrF3NO3/c11-8-4(13)1-3(12)7(9(8)14)6-2-5(10(16)17)15-18-6/h1-2H,(H,16,17). The zero-order chi connectivity index (χ0) is 13.4. The maximum absolute atomic E-state index is 13.7. The Kier molecular flexibility index (Phi) is 3.12. The maximum Gasteiger partial charge on any atom is 0.358 e. The molecule has 0 saturated carbocycles. The van der Waals surface area contributed by atoms with Gasteiger partial charge in [-0.05, 0) is 15.9 Å². The van der Waals surface area contributed by atoms with Gasteiger partial charge >= 0.3 is 5.97 Å². The maximum atomic E-state index is 13.7. The molecule has 0 aliphatic heterocycles. The highest BCUT2D eigenvalue weighted by molar-refractivity contribution is 9.10. The number of aromatic nitrogens is 1. The van der Waals surface area contributed by atoms with Crippen LogP contribution >= 0.6 is 15.9 Å². The molecular formula is C10H3BrF3NO3. The molecule has 2 rings (SSSR count). The molecule has 8 heteroatoms. The molecule has 0 saturated heterocycles. The summed E-state index contributed by atoms with van der Waals surface area (Å²) in [4.78, 5) is 10.6. The van der Waals surface area contributed by atoms with E-state index in [2.05, 4.69) is 25.6 Å². The Bertz CT molecular complexity index is 642. The van der Waals surface area contributed by atoms with Gasteiger partial charge in [-0.15, -0.1) is 0 Å². The van der Waals surface area contributed by atoms with Gasteiger partial charge < -0.3 is 9.63 Å². The van der Waals surface area contributed by atoms with E-state index < -0.39 is 44.9 Å². The number of carboxylic acids is 1. The number of rotatable bonds is 2. The van der Waals surface area contributed by atoms with Gasteiger partial charge in [0.1, 0.15) is 11.6 Å².